The molecule has 0 aromatic carbocycles. The Hall–Kier alpha value is -2.22. The molecule has 3 aromatic rings. The zero-order valence-corrected chi connectivity index (χ0v) is 9.81. The Balaban J connectivity index is 0.000000181. The molecule has 0 bridgehead atoms. The second-order valence-corrected chi connectivity index (χ2v) is 3.87. The first kappa shape index (κ1) is 11.3. The normalized spacial score (nSPS) is 9.94. The summed E-state index contributed by atoms with van der Waals surface area (Å²) in [6, 6.07) is 0. The number of anilines is 1. The van der Waals surface area contributed by atoms with Gasteiger partial charge >= 0.3 is 0 Å². The predicted molar refractivity (Wildman–Crippen MR) is 65.7 cm³/mol. The summed E-state index contributed by atoms with van der Waals surface area (Å²) in [6.07, 6.45) is 3.18. The van der Waals surface area contributed by atoms with Crippen molar-refractivity contribution in [2.45, 2.75) is 0 Å². The van der Waals surface area contributed by atoms with E-state index in [2.05, 4.69) is 19.9 Å². The molecule has 3 rings (SSSR count). The Labute approximate surface area is 100.0 Å². The van der Waals surface area contributed by atoms with Gasteiger partial charge in [-0.15, -0.1) is 11.3 Å². The van der Waals surface area contributed by atoms with Crippen molar-refractivity contribution in [2.75, 3.05) is 5.73 Å². The van der Waals surface area contributed by atoms with Crippen molar-refractivity contribution >= 4 is 28.4 Å². The fourth-order valence-corrected chi connectivity index (χ4v) is 1.51. The number of aromatic amines is 1. The fourth-order valence-electron chi connectivity index (χ4n) is 1.16. The molecule has 0 aliphatic heterocycles. The van der Waals surface area contributed by atoms with Gasteiger partial charge < -0.3 is 10.7 Å². The van der Waals surface area contributed by atoms with Gasteiger partial charge in [0.05, 0.1) is 11.8 Å². The zero-order chi connectivity index (χ0) is 12.3. The molecular weight excluding hydrogens is 240 g/mol. The number of fused-ring (bicyclic) bond motifs is 1. The Kier molecular flexibility index (Phi) is 3.15. The summed E-state index contributed by atoms with van der Waals surface area (Å²) in [5.41, 5.74) is 7.76. The van der Waals surface area contributed by atoms with Crippen LogP contribution in [-0.2, 0) is 7.05 Å². The van der Waals surface area contributed by atoms with Gasteiger partial charge in [-0.25, -0.2) is 4.98 Å². The Bertz CT molecular complexity index is 639. The molecule has 17 heavy (non-hydrogen) atoms. The van der Waals surface area contributed by atoms with E-state index in [1.54, 1.807) is 30.1 Å². The molecule has 0 aliphatic rings. The van der Waals surface area contributed by atoms with Gasteiger partial charge in [0, 0.05) is 18.6 Å². The highest BCUT2D eigenvalue weighted by Crippen LogP contribution is 2.01. The molecule has 0 amide bonds. The van der Waals surface area contributed by atoms with Crippen molar-refractivity contribution < 1.29 is 0 Å². The predicted octanol–water partition coefficient (Wildman–Crippen LogP) is 0.382. The van der Waals surface area contributed by atoms with Crippen LogP contribution in [0.4, 0.5) is 5.95 Å². The van der Waals surface area contributed by atoms with Crippen LogP contribution in [0.1, 0.15) is 0 Å². The lowest BCUT2D eigenvalue weighted by Crippen LogP contribution is -2.21. The average Bonchev–Trinajstić information content (AvgIpc) is 2.99. The molecule has 3 aromatic heterocycles. The van der Waals surface area contributed by atoms with Gasteiger partial charge in [-0.05, 0) is 0 Å². The monoisotopic (exact) mass is 250 g/mol. The second-order valence-electron chi connectivity index (χ2n) is 3.11. The number of nitrogen functional groups attached to an aromatic ring is 1. The molecule has 0 aliphatic carbocycles. The van der Waals surface area contributed by atoms with E-state index in [0.717, 1.165) is 0 Å². The Morgan fingerprint density at radius 3 is 2.94 bits per heavy atom. The molecule has 0 radical (unpaired) electrons. The second kappa shape index (κ2) is 4.74. The number of nitrogens with zero attached hydrogens (tertiary/aromatic N) is 4. The number of rotatable bonds is 0. The summed E-state index contributed by atoms with van der Waals surface area (Å²) < 4.78 is 1.26. The molecule has 0 saturated carbocycles. The van der Waals surface area contributed by atoms with Crippen molar-refractivity contribution in [2.24, 2.45) is 7.05 Å². The highest BCUT2D eigenvalue weighted by atomic mass is 32.1. The number of nitrogens with two attached hydrogens (primary N) is 1. The lowest BCUT2D eigenvalue weighted by Gasteiger charge is -1.99. The van der Waals surface area contributed by atoms with Crippen molar-refractivity contribution in [3.8, 4) is 0 Å². The number of hydrogen-bond acceptors (Lipinski definition) is 6. The highest BCUT2D eigenvalue weighted by Gasteiger charge is 2.06. The summed E-state index contributed by atoms with van der Waals surface area (Å²) >= 11 is 1.60. The maximum absolute atomic E-state index is 11.4. The topological polar surface area (TPSA) is 102 Å². The minimum atomic E-state index is -0.213. The minimum Gasteiger partial charge on any atom is -0.369 e. The molecule has 0 unspecified atom stereocenters. The smallest absolute Gasteiger partial charge is 0.280 e. The molecule has 0 saturated heterocycles. The first-order valence-electron chi connectivity index (χ1n) is 4.68. The van der Waals surface area contributed by atoms with Gasteiger partial charge in [0.15, 0.2) is 11.2 Å². The quantitative estimate of drug-likeness (QED) is 0.600. The molecule has 0 fully saturated rings. The van der Waals surface area contributed by atoms with Gasteiger partial charge in [0.25, 0.3) is 5.56 Å². The summed E-state index contributed by atoms with van der Waals surface area (Å²) in [5, 5.41) is 1.93. The number of H-pyrrole nitrogens is 1. The van der Waals surface area contributed by atoms with E-state index in [9.17, 15) is 4.79 Å². The summed E-state index contributed by atoms with van der Waals surface area (Å²) in [4.78, 5) is 25.5. The third-order valence-electron chi connectivity index (χ3n) is 2.05. The van der Waals surface area contributed by atoms with Crippen molar-refractivity contribution in [1.82, 2.24) is 24.5 Å². The highest BCUT2D eigenvalue weighted by molar-refractivity contribution is 7.07. The average molecular weight is 250 g/mol. The number of aromatic nitrogens is 5. The van der Waals surface area contributed by atoms with Gasteiger partial charge in [0.2, 0.25) is 5.95 Å². The zero-order valence-electron chi connectivity index (χ0n) is 8.99. The first-order valence-corrected chi connectivity index (χ1v) is 5.62. The van der Waals surface area contributed by atoms with E-state index in [4.69, 9.17) is 5.73 Å². The number of thiazole rings is 1. The molecule has 0 atom stereocenters. The first-order chi connectivity index (χ1) is 8.20. The van der Waals surface area contributed by atoms with Gasteiger partial charge in [0.1, 0.15) is 0 Å². The largest absolute Gasteiger partial charge is 0.369 e. The number of hydrogen-bond donors (Lipinski definition) is 2. The lowest BCUT2D eigenvalue weighted by atomic mass is 10.5. The fraction of sp³-hybridized carbons (Fsp3) is 0.111. The van der Waals surface area contributed by atoms with Crippen LogP contribution in [0.5, 0.6) is 0 Å². The Morgan fingerprint density at radius 1 is 1.53 bits per heavy atom. The number of nitrogens with one attached hydrogen (secondary N) is 1. The summed E-state index contributed by atoms with van der Waals surface area (Å²) in [5.74, 6) is 0.166. The lowest BCUT2D eigenvalue weighted by molar-refractivity contribution is 0.858. The van der Waals surface area contributed by atoms with Crippen LogP contribution in [0.3, 0.4) is 0 Å². The van der Waals surface area contributed by atoms with Crippen LogP contribution in [-0.4, -0.2) is 24.5 Å². The summed E-state index contributed by atoms with van der Waals surface area (Å²) in [6.45, 7) is 0. The van der Waals surface area contributed by atoms with E-state index >= 15 is 0 Å². The van der Waals surface area contributed by atoms with Gasteiger partial charge in [-0.1, -0.05) is 0 Å². The number of imidazole rings is 1. The van der Waals surface area contributed by atoms with E-state index in [0.29, 0.717) is 11.2 Å². The molecule has 3 N–H and O–H groups in total. The van der Waals surface area contributed by atoms with Crippen LogP contribution in [0.2, 0.25) is 0 Å². The standard InChI is InChI=1S/C6H7N5O.C3H3NS/c1-11-5(12)3-4(9-2-8-3)10-6(11)7;1-2-5-3-4-1/h2H,1H3,(H2,7,10)(H,8,9);1-3H. The minimum absolute atomic E-state index is 0.166. The maximum Gasteiger partial charge on any atom is 0.280 e. The third-order valence-corrected chi connectivity index (χ3v) is 2.57. The third kappa shape index (κ3) is 2.31. The van der Waals surface area contributed by atoms with Crippen LogP contribution in [0.15, 0.2) is 28.2 Å². The molecule has 7 nitrogen and oxygen atoms in total. The van der Waals surface area contributed by atoms with Crippen LogP contribution in [0, 0.1) is 0 Å². The summed E-state index contributed by atoms with van der Waals surface area (Å²) in [7, 11) is 1.56. The van der Waals surface area contributed by atoms with Crippen LogP contribution in [0.25, 0.3) is 11.2 Å². The SMILES string of the molecule is Cn1c(N)nc2nc[nH]c2c1=O.c1cscn1. The van der Waals surface area contributed by atoms with Crippen molar-refractivity contribution in [3.05, 3.63) is 33.8 Å². The van der Waals surface area contributed by atoms with Gasteiger partial charge in [-0.2, -0.15) is 4.98 Å². The molecule has 0 spiro atoms. The van der Waals surface area contributed by atoms with Crippen LogP contribution >= 0.6 is 11.3 Å². The molecular formula is C9H10N6OS. The van der Waals surface area contributed by atoms with Crippen LogP contribution < -0.4 is 11.3 Å². The Morgan fingerprint density at radius 2 is 2.35 bits per heavy atom. The molecule has 8 heteroatoms. The molecule has 3 heterocycles. The van der Waals surface area contributed by atoms with E-state index in [1.165, 1.54) is 10.9 Å². The van der Waals surface area contributed by atoms with E-state index in [1.807, 2.05) is 5.38 Å². The van der Waals surface area contributed by atoms with E-state index in [-0.39, 0.29) is 11.5 Å². The van der Waals surface area contributed by atoms with Gasteiger partial charge in [-0.3, -0.25) is 14.3 Å². The molecule has 88 valence electrons. The van der Waals surface area contributed by atoms with Crippen molar-refractivity contribution in [3.63, 3.8) is 0 Å². The van der Waals surface area contributed by atoms with E-state index < -0.39 is 0 Å². The maximum atomic E-state index is 11.4. The van der Waals surface area contributed by atoms with Crippen molar-refractivity contribution in [1.29, 1.82) is 0 Å².